The molecule has 3 heterocycles. The molecule has 0 bridgehead atoms. The topological polar surface area (TPSA) is 79.8 Å². The highest BCUT2D eigenvalue weighted by Gasteiger charge is 2.50. The van der Waals surface area contributed by atoms with Crippen LogP contribution in [0.4, 0.5) is 14.9 Å². The number of rotatable bonds is 5. The fourth-order valence-corrected chi connectivity index (χ4v) is 5.29. The number of nitrogens with one attached hydrogen (secondary N) is 1. The standard InChI is InChI=1S/C24H30FN5O3/c1-16-20(12-26-21(27-16)33-19-13-32-14-19)30-15-23(28-22(30)31)7-9-24(10-8-23,29(2)3)17-5-4-6-18(25)11-17/h4-6,11-12,19H,7-10,13-15H2,1-3H3,(H,28,31). The van der Waals surface area contributed by atoms with Crippen LogP contribution in [0.3, 0.4) is 0 Å². The number of halogens is 1. The number of urea groups is 1. The first-order valence-electron chi connectivity index (χ1n) is 11.4. The average molecular weight is 456 g/mol. The molecule has 2 aliphatic heterocycles. The summed E-state index contributed by atoms with van der Waals surface area (Å²) in [5.74, 6) is -0.220. The van der Waals surface area contributed by atoms with Crippen LogP contribution in [-0.4, -0.2) is 66.4 Å². The van der Waals surface area contributed by atoms with Crippen LogP contribution in [0.1, 0.15) is 36.9 Å². The number of benzene rings is 1. The largest absolute Gasteiger partial charge is 0.455 e. The Morgan fingerprint density at radius 2 is 2.00 bits per heavy atom. The van der Waals surface area contributed by atoms with E-state index in [9.17, 15) is 9.18 Å². The Morgan fingerprint density at radius 3 is 2.61 bits per heavy atom. The Bertz CT molecular complexity index is 1050. The summed E-state index contributed by atoms with van der Waals surface area (Å²) in [6, 6.07) is 7.06. The summed E-state index contributed by atoms with van der Waals surface area (Å²) in [5, 5.41) is 3.24. The van der Waals surface area contributed by atoms with Crippen molar-refractivity contribution in [2.45, 2.75) is 49.8 Å². The number of hydrogen-bond donors (Lipinski definition) is 1. The van der Waals surface area contributed by atoms with Crippen LogP contribution in [0.2, 0.25) is 0 Å². The molecule has 0 radical (unpaired) electrons. The zero-order valence-corrected chi connectivity index (χ0v) is 19.3. The molecule has 1 saturated carbocycles. The molecule has 1 spiro atoms. The number of amides is 2. The lowest BCUT2D eigenvalue weighted by atomic mass is 9.69. The van der Waals surface area contributed by atoms with Crippen LogP contribution < -0.4 is 15.0 Å². The summed E-state index contributed by atoms with van der Waals surface area (Å²) in [6.07, 6.45) is 4.90. The summed E-state index contributed by atoms with van der Waals surface area (Å²) in [7, 11) is 4.09. The van der Waals surface area contributed by atoms with Crippen molar-refractivity contribution in [2.75, 3.05) is 38.8 Å². The van der Waals surface area contributed by atoms with Gasteiger partial charge in [0.05, 0.1) is 42.9 Å². The van der Waals surface area contributed by atoms with Crippen molar-refractivity contribution in [3.8, 4) is 6.01 Å². The number of anilines is 1. The predicted octanol–water partition coefficient (Wildman–Crippen LogP) is 3.00. The maximum Gasteiger partial charge on any atom is 0.322 e. The number of carbonyl (C=O) groups excluding carboxylic acids is 1. The third-order valence-corrected chi connectivity index (χ3v) is 7.43. The molecule has 0 unspecified atom stereocenters. The molecule has 0 atom stereocenters. The average Bonchev–Trinajstić information content (AvgIpc) is 3.07. The van der Waals surface area contributed by atoms with Gasteiger partial charge in [0.2, 0.25) is 0 Å². The van der Waals surface area contributed by atoms with E-state index in [1.807, 2.05) is 27.1 Å². The van der Waals surface area contributed by atoms with Crippen molar-refractivity contribution in [1.29, 1.82) is 0 Å². The highest BCUT2D eigenvalue weighted by molar-refractivity contribution is 5.95. The zero-order valence-electron chi connectivity index (χ0n) is 19.3. The highest BCUT2D eigenvalue weighted by Crippen LogP contribution is 2.46. The predicted molar refractivity (Wildman–Crippen MR) is 121 cm³/mol. The van der Waals surface area contributed by atoms with Gasteiger partial charge in [-0.05, 0) is 64.4 Å². The van der Waals surface area contributed by atoms with Crippen molar-refractivity contribution in [1.82, 2.24) is 20.2 Å². The molecular weight excluding hydrogens is 425 g/mol. The lowest BCUT2D eigenvalue weighted by Gasteiger charge is -2.48. The van der Waals surface area contributed by atoms with Gasteiger partial charge in [0.1, 0.15) is 11.9 Å². The summed E-state index contributed by atoms with van der Waals surface area (Å²) in [4.78, 5) is 25.7. The van der Waals surface area contributed by atoms with Gasteiger partial charge in [-0.25, -0.2) is 14.2 Å². The molecule has 176 valence electrons. The van der Waals surface area contributed by atoms with Crippen LogP contribution in [0.15, 0.2) is 30.5 Å². The fraction of sp³-hybridized carbons (Fsp3) is 0.542. The quantitative estimate of drug-likeness (QED) is 0.747. The molecule has 1 aromatic heterocycles. The molecule has 33 heavy (non-hydrogen) atoms. The molecule has 3 aliphatic rings. The van der Waals surface area contributed by atoms with Crippen LogP contribution >= 0.6 is 0 Å². The first-order valence-corrected chi connectivity index (χ1v) is 11.4. The molecule has 8 nitrogen and oxygen atoms in total. The summed E-state index contributed by atoms with van der Waals surface area (Å²) >= 11 is 0. The van der Waals surface area contributed by atoms with Crippen LogP contribution in [0.5, 0.6) is 6.01 Å². The number of hydrogen-bond acceptors (Lipinski definition) is 6. The molecular formula is C24H30FN5O3. The van der Waals surface area contributed by atoms with E-state index in [2.05, 4.69) is 20.2 Å². The Balaban J connectivity index is 1.32. The number of ether oxygens (including phenoxy) is 2. The minimum Gasteiger partial charge on any atom is -0.455 e. The Kier molecular flexibility index (Phi) is 5.49. The minimum atomic E-state index is -0.325. The van der Waals surface area contributed by atoms with E-state index in [-0.39, 0.29) is 29.0 Å². The highest BCUT2D eigenvalue weighted by atomic mass is 19.1. The van der Waals surface area contributed by atoms with Gasteiger partial charge in [-0.3, -0.25) is 9.80 Å². The van der Waals surface area contributed by atoms with Crippen molar-refractivity contribution < 1.29 is 18.7 Å². The van der Waals surface area contributed by atoms with Gasteiger partial charge >= 0.3 is 12.0 Å². The van der Waals surface area contributed by atoms with E-state index in [1.54, 1.807) is 23.2 Å². The van der Waals surface area contributed by atoms with Gasteiger partial charge in [-0.2, -0.15) is 4.98 Å². The van der Waals surface area contributed by atoms with Gasteiger partial charge in [-0.1, -0.05) is 12.1 Å². The molecule has 1 aliphatic carbocycles. The van der Waals surface area contributed by atoms with Crippen LogP contribution in [-0.2, 0) is 10.3 Å². The molecule has 2 aromatic rings. The second-order valence-electron chi connectivity index (χ2n) is 9.63. The van der Waals surface area contributed by atoms with Crippen molar-refractivity contribution in [3.05, 3.63) is 47.5 Å². The fourth-order valence-electron chi connectivity index (χ4n) is 5.29. The van der Waals surface area contributed by atoms with Gasteiger partial charge in [0, 0.05) is 5.54 Å². The Hall–Kier alpha value is -2.78. The molecule has 1 N–H and O–H groups in total. The summed E-state index contributed by atoms with van der Waals surface area (Å²) < 4.78 is 24.8. The van der Waals surface area contributed by atoms with Gasteiger partial charge < -0.3 is 14.8 Å². The SMILES string of the molecule is Cc1nc(OC2COC2)ncc1N1CC2(CCC(c3cccc(F)c3)(N(C)C)CC2)NC1=O. The Morgan fingerprint density at radius 1 is 1.24 bits per heavy atom. The number of aryl methyl sites for hydroxylation is 1. The minimum absolute atomic E-state index is 0.00843. The van der Waals surface area contributed by atoms with E-state index in [1.165, 1.54) is 6.07 Å². The van der Waals surface area contributed by atoms with Gasteiger partial charge in [-0.15, -0.1) is 0 Å². The first-order chi connectivity index (χ1) is 15.8. The molecule has 9 heteroatoms. The lowest BCUT2D eigenvalue weighted by molar-refractivity contribution is -0.0831. The maximum absolute atomic E-state index is 14.0. The van der Waals surface area contributed by atoms with Gasteiger partial charge in [0.25, 0.3) is 0 Å². The lowest BCUT2D eigenvalue weighted by Crippen LogP contribution is -2.54. The zero-order chi connectivity index (χ0) is 23.2. The first kappa shape index (κ1) is 22.0. The third-order valence-electron chi connectivity index (χ3n) is 7.43. The third kappa shape index (κ3) is 3.93. The number of aromatic nitrogens is 2. The van der Waals surface area contributed by atoms with Crippen molar-refractivity contribution in [3.63, 3.8) is 0 Å². The summed E-state index contributed by atoms with van der Waals surface area (Å²) in [5.41, 5.74) is 1.80. The molecule has 5 rings (SSSR count). The maximum atomic E-state index is 14.0. The normalized spacial score (nSPS) is 27.7. The second-order valence-corrected chi connectivity index (χ2v) is 9.63. The van der Waals surface area contributed by atoms with Crippen LogP contribution in [0.25, 0.3) is 0 Å². The van der Waals surface area contributed by atoms with E-state index >= 15 is 0 Å². The second kappa shape index (κ2) is 8.22. The van der Waals surface area contributed by atoms with E-state index in [0.29, 0.717) is 37.2 Å². The van der Waals surface area contributed by atoms with E-state index < -0.39 is 0 Å². The summed E-state index contributed by atoms with van der Waals surface area (Å²) in [6.45, 7) is 3.51. The number of carbonyl (C=O) groups is 1. The van der Waals surface area contributed by atoms with Crippen LogP contribution in [0, 0.1) is 12.7 Å². The van der Waals surface area contributed by atoms with E-state index in [0.717, 1.165) is 31.2 Å². The molecule has 3 fully saturated rings. The van der Waals surface area contributed by atoms with Gasteiger partial charge in [0.15, 0.2) is 0 Å². The molecule has 1 aromatic carbocycles. The Labute approximate surface area is 193 Å². The molecule has 2 amide bonds. The van der Waals surface area contributed by atoms with E-state index in [4.69, 9.17) is 9.47 Å². The van der Waals surface area contributed by atoms with Crippen molar-refractivity contribution >= 4 is 11.7 Å². The number of nitrogens with zero attached hydrogens (tertiary/aromatic N) is 4. The monoisotopic (exact) mass is 455 g/mol. The molecule has 2 saturated heterocycles. The smallest absolute Gasteiger partial charge is 0.322 e. The van der Waals surface area contributed by atoms with Crippen molar-refractivity contribution in [2.24, 2.45) is 0 Å².